The highest BCUT2D eigenvalue weighted by molar-refractivity contribution is 5.92. The molecule has 3 rings (SSSR count). The molecule has 1 aliphatic carbocycles. The van der Waals surface area contributed by atoms with Gasteiger partial charge in [-0.25, -0.2) is 0 Å². The van der Waals surface area contributed by atoms with Crippen molar-refractivity contribution in [3.05, 3.63) is 24.3 Å². The number of rotatable bonds is 4. The average molecular weight is 315 g/mol. The van der Waals surface area contributed by atoms with Gasteiger partial charge in [0.1, 0.15) is 0 Å². The molecule has 1 atom stereocenters. The molecule has 0 aromatic heterocycles. The first-order chi connectivity index (χ1) is 11.0. The van der Waals surface area contributed by atoms with Crippen molar-refractivity contribution in [1.29, 1.82) is 0 Å². The van der Waals surface area contributed by atoms with Crippen LogP contribution in [-0.2, 0) is 9.59 Å². The molecule has 1 saturated carbocycles. The summed E-state index contributed by atoms with van der Waals surface area (Å²) >= 11 is 0. The Kier molecular flexibility index (Phi) is 4.55. The van der Waals surface area contributed by atoms with E-state index in [1.165, 1.54) is 12.8 Å². The van der Waals surface area contributed by atoms with Crippen molar-refractivity contribution in [3.63, 3.8) is 0 Å². The molecule has 2 aliphatic rings. The Morgan fingerprint density at radius 1 is 1.09 bits per heavy atom. The Hall–Kier alpha value is -2.04. The smallest absolute Gasteiger partial charge is 0.227 e. The lowest BCUT2D eigenvalue weighted by molar-refractivity contribution is -0.129. The fourth-order valence-corrected chi connectivity index (χ4v) is 3.10. The van der Waals surface area contributed by atoms with Crippen molar-refractivity contribution >= 4 is 23.2 Å². The Morgan fingerprint density at radius 2 is 1.70 bits per heavy atom. The van der Waals surface area contributed by atoms with Crippen molar-refractivity contribution < 1.29 is 9.59 Å². The molecule has 124 valence electrons. The van der Waals surface area contributed by atoms with Crippen molar-refractivity contribution in [2.24, 2.45) is 11.8 Å². The van der Waals surface area contributed by atoms with Gasteiger partial charge in [0, 0.05) is 50.4 Å². The topological polar surface area (TPSA) is 52.7 Å². The summed E-state index contributed by atoms with van der Waals surface area (Å²) in [6.45, 7) is 6.87. The number of carbonyl (C=O) groups is 2. The second-order valence-corrected chi connectivity index (χ2v) is 6.66. The van der Waals surface area contributed by atoms with Gasteiger partial charge in [-0.05, 0) is 43.0 Å². The summed E-state index contributed by atoms with van der Waals surface area (Å²) in [6.07, 6.45) is 2.36. The van der Waals surface area contributed by atoms with E-state index < -0.39 is 0 Å². The van der Waals surface area contributed by atoms with E-state index in [-0.39, 0.29) is 17.7 Å². The summed E-state index contributed by atoms with van der Waals surface area (Å²) in [6, 6.07) is 8.01. The molecular weight excluding hydrogens is 290 g/mol. The van der Waals surface area contributed by atoms with Crippen molar-refractivity contribution in [2.75, 3.05) is 36.4 Å². The predicted octanol–water partition coefficient (Wildman–Crippen LogP) is 2.34. The summed E-state index contributed by atoms with van der Waals surface area (Å²) in [5.41, 5.74) is 2.00. The third kappa shape index (κ3) is 3.84. The van der Waals surface area contributed by atoms with Crippen LogP contribution in [0.3, 0.4) is 0 Å². The minimum Gasteiger partial charge on any atom is -0.368 e. The van der Waals surface area contributed by atoms with Crippen LogP contribution in [0.25, 0.3) is 0 Å². The number of carbonyl (C=O) groups excluding carboxylic acids is 2. The molecule has 1 aromatic carbocycles. The molecule has 2 amide bonds. The zero-order valence-electron chi connectivity index (χ0n) is 13.9. The predicted molar refractivity (Wildman–Crippen MR) is 91.4 cm³/mol. The van der Waals surface area contributed by atoms with Crippen LogP contribution in [0.1, 0.15) is 26.7 Å². The number of nitrogens with one attached hydrogen (secondary N) is 1. The highest BCUT2D eigenvalue weighted by Crippen LogP contribution is 2.37. The molecule has 1 N–H and O–H groups in total. The van der Waals surface area contributed by atoms with Crippen molar-refractivity contribution in [2.45, 2.75) is 26.7 Å². The number of hydrogen-bond acceptors (Lipinski definition) is 3. The second kappa shape index (κ2) is 6.60. The fraction of sp³-hybridized carbons (Fsp3) is 0.556. The Morgan fingerprint density at radius 3 is 2.22 bits per heavy atom. The van der Waals surface area contributed by atoms with Gasteiger partial charge in [-0.1, -0.05) is 6.92 Å². The summed E-state index contributed by atoms with van der Waals surface area (Å²) in [4.78, 5) is 27.6. The third-order valence-corrected chi connectivity index (χ3v) is 4.97. The third-order valence-electron chi connectivity index (χ3n) is 4.97. The molecule has 1 aliphatic heterocycles. The summed E-state index contributed by atoms with van der Waals surface area (Å²) in [7, 11) is 0. The summed E-state index contributed by atoms with van der Waals surface area (Å²) in [5.74, 6) is 0.948. The number of benzene rings is 1. The minimum atomic E-state index is 0.106. The lowest BCUT2D eigenvalue weighted by Crippen LogP contribution is -2.48. The van der Waals surface area contributed by atoms with Gasteiger partial charge in [0.25, 0.3) is 0 Å². The minimum absolute atomic E-state index is 0.106. The quantitative estimate of drug-likeness (QED) is 0.928. The first-order valence-corrected chi connectivity index (χ1v) is 8.46. The van der Waals surface area contributed by atoms with Crippen LogP contribution >= 0.6 is 0 Å². The van der Waals surface area contributed by atoms with Gasteiger partial charge in [-0.3, -0.25) is 9.59 Å². The van der Waals surface area contributed by atoms with E-state index in [2.05, 4.69) is 10.2 Å². The van der Waals surface area contributed by atoms with E-state index in [1.54, 1.807) is 6.92 Å². The van der Waals surface area contributed by atoms with Crippen LogP contribution in [-0.4, -0.2) is 42.9 Å². The molecule has 0 spiro atoms. The van der Waals surface area contributed by atoms with Gasteiger partial charge in [0.2, 0.25) is 11.8 Å². The molecule has 5 heteroatoms. The van der Waals surface area contributed by atoms with Crippen LogP contribution < -0.4 is 10.2 Å². The normalized spacial score (nSPS) is 19.4. The van der Waals surface area contributed by atoms with E-state index in [4.69, 9.17) is 0 Å². The lowest BCUT2D eigenvalue weighted by atomic mass is 10.1. The van der Waals surface area contributed by atoms with E-state index in [1.807, 2.05) is 36.1 Å². The maximum absolute atomic E-state index is 12.1. The average Bonchev–Trinajstić information content (AvgIpc) is 3.40. The van der Waals surface area contributed by atoms with E-state index in [9.17, 15) is 9.59 Å². The molecule has 0 radical (unpaired) electrons. The lowest BCUT2D eigenvalue weighted by Gasteiger charge is -2.35. The monoisotopic (exact) mass is 315 g/mol. The zero-order chi connectivity index (χ0) is 16.4. The molecule has 1 unspecified atom stereocenters. The van der Waals surface area contributed by atoms with E-state index in [0.717, 1.165) is 37.6 Å². The molecule has 5 nitrogen and oxygen atoms in total. The zero-order valence-corrected chi connectivity index (χ0v) is 13.9. The van der Waals surface area contributed by atoms with Gasteiger partial charge in [-0.15, -0.1) is 0 Å². The summed E-state index contributed by atoms with van der Waals surface area (Å²) in [5, 5.41) is 3.00. The van der Waals surface area contributed by atoms with Gasteiger partial charge < -0.3 is 15.1 Å². The number of anilines is 2. The maximum atomic E-state index is 12.1. The van der Waals surface area contributed by atoms with Crippen molar-refractivity contribution in [3.8, 4) is 0 Å². The molecule has 1 aromatic rings. The van der Waals surface area contributed by atoms with E-state index in [0.29, 0.717) is 5.92 Å². The standard InChI is InChI=1S/C18H25N3O2/c1-13(15-3-4-15)18(23)19-16-5-7-17(8-6-16)21-11-9-20(10-12-21)14(2)22/h5-8,13,15H,3-4,9-12H2,1-2H3,(H,19,23). The van der Waals surface area contributed by atoms with Crippen LogP contribution in [0.2, 0.25) is 0 Å². The fourth-order valence-electron chi connectivity index (χ4n) is 3.10. The van der Waals surface area contributed by atoms with Gasteiger partial charge in [0.15, 0.2) is 0 Å². The number of hydrogen-bond donors (Lipinski definition) is 1. The van der Waals surface area contributed by atoms with E-state index >= 15 is 0 Å². The van der Waals surface area contributed by atoms with Crippen LogP contribution in [0, 0.1) is 11.8 Å². The molecule has 0 bridgehead atoms. The second-order valence-electron chi connectivity index (χ2n) is 6.66. The Balaban J connectivity index is 1.55. The van der Waals surface area contributed by atoms with Gasteiger partial charge in [0.05, 0.1) is 0 Å². The molecule has 2 fully saturated rings. The highest BCUT2D eigenvalue weighted by Gasteiger charge is 2.32. The van der Waals surface area contributed by atoms with Crippen LogP contribution in [0.4, 0.5) is 11.4 Å². The summed E-state index contributed by atoms with van der Waals surface area (Å²) < 4.78 is 0. The van der Waals surface area contributed by atoms with Crippen LogP contribution in [0.5, 0.6) is 0 Å². The van der Waals surface area contributed by atoms with Crippen LogP contribution in [0.15, 0.2) is 24.3 Å². The largest absolute Gasteiger partial charge is 0.368 e. The SMILES string of the molecule is CC(=O)N1CCN(c2ccc(NC(=O)C(C)C3CC3)cc2)CC1. The highest BCUT2D eigenvalue weighted by atomic mass is 16.2. The number of amides is 2. The molecular formula is C18H25N3O2. The molecule has 23 heavy (non-hydrogen) atoms. The maximum Gasteiger partial charge on any atom is 0.227 e. The van der Waals surface area contributed by atoms with Gasteiger partial charge >= 0.3 is 0 Å². The number of nitrogens with zero attached hydrogens (tertiary/aromatic N) is 2. The Bertz CT molecular complexity index is 572. The number of piperazine rings is 1. The van der Waals surface area contributed by atoms with Crippen molar-refractivity contribution in [1.82, 2.24) is 4.90 Å². The first kappa shape index (κ1) is 15.8. The van der Waals surface area contributed by atoms with Gasteiger partial charge in [-0.2, -0.15) is 0 Å². The molecule has 1 heterocycles. The first-order valence-electron chi connectivity index (χ1n) is 8.46. The Labute approximate surface area is 137 Å². The molecule has 1 saturated heterocycles.